The summed E-state index contributed by atoms with van der Waals surface area (Å²) < 4.78 is 1.88. The topological polar surface area (TPSA) is 66.3 Å². The first-order chi connectivity index (χ1) is 12.7. The summed E-state index contributed by atoms with van der Waals surface area (Å²) in [6.45, 7) is 2.82. The first-order valence-corrected chi connectivity index (χ1v) is 8.89. The molecule has 5 rings (SSSR count). The number of benzene rings is 1. The SMILES string of the molecule is Cc1ccc2nc(C3CCCN3C(=O)c3ccc4nccn4c3)[nH]c2c1. The first-order valence-electron chi connectivity index (χ1n) is 8.89. The van der Waals surface area contributed by atoms with Crippen molar-refractivity contribution in [1.82, 2.24) is 24.3 Å². The number of amides is 1. The standard InChI is InChI=1S/C20H19N5O/c1-13-4-6-15-16(11-13)23-19(22-15)17-3-2-9-25(17)20(26)14-5-7-18-21-8-10-24(18)12-14/h4-8,10-12,17H,2-3,9H2,1H3,(H,22,23). The molecule has 1 atom stereocenters. The van der Waals surface area contributed by atoms with E-state index in [1.54, 1.807) is 6.20 Å². The number of fused-ring (bicyclic) bond motifs is 2. The minimum atomic E-state index is -0.00584. The number of rotatable bonds is 2. The third-order valence-electron chi connectivity index (χ3n) is 5.12. The molecule has 0 radical (unpaired) electrons. The lowest BCUT2D eigenvalue weighted by molar-refractivity contribution is 0.0730. The summed E-state index contributed by atoms with van der Waals surface area (Å²) in [7, 11) is 0. The van der Waals surface area contributed by atoms with Gasteiger partial charge >= 0.3 is 0 Å². The van der Waals surface area contributed by atoms with Gasteiger partial charge in [-0.1, -0.05) is 6.07 Å². The molecule has 4 heterocycles. The molecule has 0 saturated carbocycles. The first kappa shape index (κ1) is 15.1. The summed E-state index contributed by atoms with van der Waals surface area (Å²) >= 11 is 0. The van der Waals surface area contributed by atoms with Gasteiger partial charge in [0.05, 0.1) is 22.6 Å². The average Bonchev–Trinajstić information content (AvgIpc) is 3.37. The van der Waals surface area contributed by atoms with Crippen molar-refractivity contribution in [3.05, 3.63) is 65.9 Å². The van der Waals surface area contributed by atoms with Crippen LogP contribution in [0, 0.1) is 6.92 Å². The van der Waals surface area contributed by atoms with Crippen LogP contribution in [0.3, 0.4) is 0 Å². The molecule has 1 amide bonds. The largest absolute Gasteiger partial charge is 0.340 e. The molecule has 3 aromatic heterocycles. The van der Waals surface area contributed by atoms with E-state index in [0.29, 0.717) is 5.56 Å². The molecule has 1 fully saturated rings. The molecule has 1 saturated heterocycles. The molecule has 0 aliphatic carbocycles. The Bertz CT molecular complexity index is 1130. The zero-order chi connectivity index (χ0) is 17.7. The van der Waals surface area contributed by atoms with Crippen molar-refractivity contribution in [2.75, 3.05) is 6.54 Å². The van der Waals surface area contributed by atoms with Gasteiger partial charge in [-0.15, -0.1) is 0 Å². The number of aromatic amines is 1. The van der Waals surface area contributed by atoms with Crippen LogP contribution in [0.1, 0.15) is 40.6 Å². The number of likely N-dealkylation sites (tertiary alicyclic amines) is 1. The number of H-pyrrole nitrogens is 1. The van der Waals surface area contributed by atoms with Gasteiger partial charge in [-0.25, -0.2) is 9.97 Å². The number of imidazole rings is 2. The maximum absolute atomic E-state index is 13.1. The average molecular weight is 345 g/mol. The lowest BCUT2D eigenvalue weighted by Gasteiger charge is -2.23. The molecule has 6 nitrogen and oxygen atoms in total. The molecule has 1 aromatic carbocycles. The van der Waals surface area contributed by atoms with Crippen LogP contribution in [0.4, 0.5) is 0 Å². The Balaban J connectivity index is 1.49. The lowest BCUT2D eigenvalue weighted by Crippen LogP contribution is -2.31. The summed E-state index contributed by atoms with van der Waals surface area (Å²) in [6.07, 6.45) is 7.35. The van der Waals surface area contributed by atoms with Crippen molar-refractivity contribution >= 4 is 22.6 Å². The molecular formula is C20H19N5O. The van der Waals surface area contributed by atoms with Crippen LogP contribution in [0.5, 0.6) is 0 Å². The quantitative estimate of drug-likeness (QED) is 0.605. The molecule has 0 spiro atoms. The van der Waals surface area contributed by atoms with E-state index in [4.69, 9.17) is 4.98 Å². The van der Waals surface area contributed by atoms with Gasteiger partial charge in [-0.3, -0.25) is 4.79 Å². The Kier molecular flexibility index (Phi) is 3.31. The van der Waals surface area contributed by atoms with Crippen molar-refractivity contribution < 1.29 is 4.79 Å². The zero-order valence-corrected chi connectivity index (χ0v) is 14.5. The number of aryl methyl sites for hydroxylation is 1. The number of hydrogen-bond acceptors (Lipinski definition) is 3. The monoisotopic (exact) mass is 345 g/mol. The zero-order valence-electron chi connectivity index (χ0n) is 14.5. The van der Waals surface area contributed by atoms with Gasteiger partial charge in [-0.05, 0) is 49.6 Å². The molecule has 26 heavy (non-hydrogen) atoms. The maximum atomic E-state index is 13.1. The number of carbonyl (C=O) groups excluding carboxylic acids is 1. The second-order valence-corrected chi connectivity index (χ2v) is 6.91. The van der Waals surface area contributed by atoms with E-state index in [-0.39, 0.29) is 11.9 Å². The highest BCUT2D eigenvalue weighted by Gasteiger charge is 2.32. The Morgan fingerprint density at radius 3 is 3.12 bits per heavy atom. The van der Waals surface area contributed by atoms with Gasteiger partial charge in [0.25, 0.3) is 5.91 Å². The van der Waals surface area contributed by atoms with Crippen LogP contribution in [-0.4, -0.2) is 36.7 Å². The summed E-state index contributed by atoms with van der Waals surface area (Å²) in [5.74, 6) is 0.917. The van der Waals surface area contributed by atoms with Crippen LogP contribution < -0.4 is 0 Å². The van der Waals surface area contributed by atoms with Crippen LogP contribution in [0.25, 0.3) is 16.7 Å². The molecule has 1 aliphatic heterocycles. The molecule has 1 unspecified atom stereocenters. The number of pyridine rings is 1. The summed E-state index contributed by atoms with van der Waals surface area (Å²) in [4.78, 5) is 27.4. The van der Waals surface area contributed by atoms with Crippen molar-refractivity contribution in [2.24, 2.45) is 0 Å². The Hall–Kier alpha value is -3.15. The predicted octanol–water partition coefficient (Wildman–Crippen LogP) is 3.50. The number of hydrogen-bond donors (Lipinski definition) is 1. The molecule has 4 aromatic rings. The van der Waals surface area contributed by atoms with E-state index < -0.39 is 0 Å². The highest BCUT2D eigenvalue weighted by atomic mass is 16.2. The van der Waals surface area contributed by atoms with Crippen LogP contribution in [0.15, 0.2) is 48.9 Å². The number of aromatic nitrogens is 4. The predicted molar refractivity (Wildman–Crippen MR) is 99.0 cm³/mol. The summed E-state index contributed by atoms with van der Waals surface area (Å²) in [5, 5.41) is 0. The van der Waals surface area contributed by atoms with Crippen LogP contribution in [-0.2, 0) is 0 Å². The minimum absolute atomic E-state index is 0.00584. The minimum Gasteiger partial charge on any atom is -0.340 e. The van der Waals surface area contributed by atoms with Crippen LogP contribution in [0.2, 0.25) is 0 Å². The third kappa shape index (κ3) is 2.37. The fourth-order valence-corrected chi connectivity index (χ4v) is 3.81. The second-order valence-electron chi connectivity index (χ2n) is 6.91. The van der Waals surface area contributed by atoms with E-state index in [1.165, 1.54) is 5.56 Å². The van der Waals surface area contributed by atoms with Gasteiger partial charge in [0, 0.05) is 25.1 Å². The van der Waals surface area contributed by atoms with E-state index in [2.05, 4.69) is 29.0 Å². The molecule has 130 valence electrons. The normalized spacial score (nSPS) is 17.4. The maximum Gasteiger partial charge on any atom is 0.255 e. The van der Waals surface area contributed by atoms with E-state index in [9.17, 15) is 4.79 Å². The Labute approximate surface area is 150 Å². The summed E-state index contributed by atoms with van der Waals surface area (Å²) in [5.41, 5.74) is 4.69. The van der Waals surface area contributed by atoms with Gasteiger partial charge in [0.2, 0.25) is 0 Å². The van der Waals surface area contributed by atoms with E-state index >= 15 is 0 Å². The van der Waals surface area contributed by atoms with Crippen molar-refractivity contribution in [3.8, 4) is 0 Å². The molecule has 1 N–H and O–H groups in total. The van der Waals surface area contributed by atoms with E-state index in [0.717, 1.165) is 41.9 Å². The summed E-state index contributed by atoms with van der Waals surface area (Å²) in [6, 6.07) is 9.90. The second kappa shape index (κ2) is 5.69. The number of nitrogens with one attached hydrogen (secondary N) is 1. The van der Waals surface area contributed by atoms with Crippen molar-refractivity contribution in [1.29, 1.82) is 0 Å². The smallest absolute Gasteiger partial charge is 0.255 e. The van der Waals surface area contributed by atoms with Crippen LogP contribution >= 0.6 is 0 Å². The third-order valence-corrected chi connectivity index (χ3v) is 5.12. The molecule has 1 aliphatic rings. The van der Waals surface area contributed by atoms with Gasteiger partial charge in [-0.2, -0.15) is 0 Å². The molecule has 0 bridgehead atoms. The fraction of sp³-hybridized carbons (Fsp3) is 0.250. The van der Waals surface area contributed by atoms with Gasteiger partial charge < -0.3 is 14.3 Å². The van der Waals surface area contributed by atoms with Gasteiger partial charge in [0.1, 0.15) is 11.5 Å². The lowest BCUT2D eigenvalue weighted by atomic mass is 10.2. The fourth-order valence-electron chi connectivity index (χ4n) is 3.81. The number of nitrogens with zero attached hydrogens (tertiary/aromatic N) is 4. The highest BCUT2D eigenvalue weighted by Crippen LogP contribution is 2.32. The Morgan fingerprint density at radius 1 is 1.27 bits per heavy atom. The van der Waals surface area contributed by atoms with E-state index in [1.807, 2.05) is 39.9 Å². The molecular weight excluding hydrogens is 326 g/mol. The Morgan fingerprint density at radius 2 is 2.19 bits per heavy atom. The van der Waals surface area contributed by atoms with Crippen molar-refractivity contribution in [3.63, 3.8) is 0 Å². The highest BCUT2D eigenvalue weighted by molar-refractivity contribution is 5.94. The molecule has 6 heteroatoms. The van der Waals surface area contributed by atoms with Gasteiger partial charge in [0.15, 0.2) is 0 Å². The van der Waals surface area contributed by atoms with Crippen molar-refractivity contribution in [2.45, 2.75) is 25.8 Å². The number of carbonyl (C=O) groups is 1.